The summed E-state index contributed by atoms with van der Waals surface area (Å²) in [6.07, 6.45) is 5.74. The Hall–Kier alpha value is -1.22. The lowest BCUT2D eigenvalue weighted by molar-refractivity contribution is -0.00694. The number of hydrogen-bond acceptors (Lipinski definition) is 2. The molecule has 0 unspecified atom stereocenters. The minimum atomic E-state index is -0.746. The monoisotopic (exact) mass is 250 g/mol. The summed E-state index contributed by atoms with van der Waals surface area (Å²) >= 11 is 0. The molecule has 1 saturated carbocycles. The molecule has 0 atom stereocenters. The predicted octanol–water partition coefficient (Wildman–Crippen LogP) is 3.75. The van der Waals surface area contributed by atoms with Crippen molar-refractivity contribution < 1.29 is 13.9 Å². The smallest absolute Gasteiger partial charge is 0.194 e. The predicted molar refractivity (Wildman–Crippen MR) is 68.2 cm³/mol. The summed E-state index contributed by atoms with van der Waals surface area (Å²) in [6.45, 7) is 0. The summed E-state index contributed by atoms with van der Waals surface area (Å²) in [4.78, 5) is 12.6. The van der Waals surface area contributed by atoms with Gasteiger partial charge in [-0.1, -0.05) is 37.8 Å². The van der Waals surface area contributed by atoms with Crippen LogP contribution in [0, 0.1) is 5.82 Å². The molecule has 3 heteroatoms. The van der Waals surface area contributed by atoms with Gasteiger partial charge in [-0.25, -0.2) is 4.39 Å². The first kappa shape index (κ1) is 13.2. The molecule has 0 aromatic heterocycles. The third-order valence-electron chi connectivity index (χ3n) is 3.80. The number of carbonyl (C=O) groups excluding carboxylic acids is 1. The van der Waals surface area contributed by atoms with Gasteiger partial charge in [0.15, 0.2) is 5.78 Å². The van der Waals surface area contributed by atoms with Crippen LogP contribution in [-0.4, -0.2) is 18.5 Å². The van der Waals surface area contributed by atoms with Crippen molar-refractivity contribution in [3.63, 3.8) is 0 Å². The normalized spacial score (nSPS) is 19.2. The maximum Gasteiger partial charge on any atom is 0.194 e. The van der Waals surface area contributed by atoms with Gasteiger partial charge in [0.1, 0.15) is 11.4 Å². The van der Waals surface area contributed by atoms with Crippen molar-refractivity contribution in [1.29, 1.82) is 0 Å². The fourth-order valence-corrected chi connectivity index (χ4v) is 2.72. The Kier molecular flexibility index (Phi) is 4.12. The minimum Gasteiger partial charge on any atom is -0.370 e. The summed E-state index contributed by atoms with van der Waals surface area (Å²) < 4.78 is 18.8. The lowest BCUT2D eigenvalue weighted by Gasteiger charge is -2.29. The highest BCUT2D eigenvalue weighted by atomic mass is 19.1. The molecule has 0 aliphatic heterocycles. The van der Waals surface area contributed by atoms with Gasteiger partial charge in [0.2, 0.25) is 0 Å². The Labute approximate surface area is 107 Å². The molecule has 1 aromatic carbocycles. The molecule has 0 bridgehead atoms. The number of halogens is 1. The van der Waals surface area contributed by atoms with E-state index in [0.29, 0.717) is 5.56 Å². The van der Waals surface area contributed by atoms with E-state index in [-0.39, 0.29) is 11.6 Å². The second kappa shape index (κ2) is 5.61. The molecule has 1 aliphatic rings. The van der Waals surface area contributed by atoms with Crippen molar-refractivity contribution in [2.45, 2.75) is 44.1 Å². The highest BCUT2D eigenvalue weighted by Gasteiger charge is 2.39. The molecule has 2 rings (SSSR count). The van der Waals surface area contributed by atoms with Crippen LogP contribution in [-0.2, 0) is 4.74 Å². The minimum absolute atomic E-state index is 0.0774. The van der Waals surface area contributed by atoms with E-state index < -0.39 is 5.60 Å². The number of hydrogen-bond donors (Lipinski definition) is 0. The van der Waals surface area contributed by atoms with Gasteiger partial charge in [-0.2, -0.15) is 0 Å². The Morgan fingerprint density at radius 2 is 1.89 bits per heavy atom. The molecule has 2 nitrogen and oxygen atoms in total. The van der Waals surface area contributed by atoms with Crippen LogP contribution in [0.1, 0.15) is 48.9 Å². The van der Waals surface area contributed by atoms with Crippen molar-refractivity contribution in [3.8, 4) is 0 Å². The lowest BCUT2D eigenvalue weighted by Crippen LogP contribution is -2.40. The molecule has 0 spiro atoms. The molecule has 0 N–H and O–H groups in total. The van der Waals surface area contributed by atoms with Gasteiger partial charge in [0.25, 0.3) is 0 Å². The van der Waals surface area contributed by atoms with E-state index in [0.717, 1.165) is 38.5 Å². The van der Waals surface area contributed by atoms with Gasteiger partial charge in [-0.3, -0.25) is 4.79 Å². The number of benzene rings is 1. The van der Waals surface area contributed by atoms with E-state index in [1.165, 1.54) is 12.1 Å². The highest BCUT2D eigenvalue weighted by molar-refractivity contribution is 6.02. The first-order valence-corrected chi connectivity index (χ1v) is 6.53. The van der Waals surface area contributed by atoms with E-state index >= 15 is 0 Å². The molecule has 1 aliphatic carbocycles. The quantitative estimate of drug-likeness (QED) is 0.603. The molecule has 0 heterocycles. The van der Waals surface area contributed by atoms with Crippen LogP contribution < -0.4 is 0 Å². The molecule has 0 saturated heterocycles. The average Bonchev–Trinajstić information content (AvgIpc) is 2.64. The van der Waals surface area contributed by atoms with Crippen LogP contribution in [0.3, 0.4) is 0 Å². The van der Waals surface area contributed by atoms with Crippen molar-refractivity contribution in [1.82, 2.24) is 0 Å². The maximum atomic E-state index is 13.2. The molecular weight excluding hydrogens is 231 g/mol. The molecule has 0 radical (unpaired) electrons. The zero-order valence-corrected chi connectivity index (χ0v) is 10.7. The number of ketones is 1. The topological polar surface area (TPSA) is 26.3 Å². The largest absolute Gasteiger partial charge is 0.370 e. The Balaban J connectivity index is 2.28. The summed E-state index contributed by atoms with van der Waals surface area (Å²) in [5.74, 6) is -0.452. The lowest BCUT2D eigenvalue weighted by atomic mass is 9.86. The van der Waals surface area contributed by atoms with Crippen molar-refractivity contribution in [3.05, 3.63) is 35.6 Å². The summed E-state index contributed by atoms with van der Waals surface area (Å²) in [6, 6.07) is 5.89. The van der Waals surface area contributed by atoms with Crippen LogP contribution in [0.15, 0.2) is 24.3 Å². The Morgan fingerprint density at radius 3 is 2.44 bits per heavy atom. The van der Waals surface area contributed by atoms with Gasteiger partial charge in [0, 0.05) is 12.7 Å². The van der Waals surface area contributed by atoms with Crippen LogP contribution >= 0.6 is 0 Å². The summed E-state index contributed by atoms with van der Waals surface area (Å²) in [5, 5.41) is 0. The van der Waals surface area contributed by atoms with Gasteiger partial charge in [-0.05, 0) is 25.0 Å². The highest BCUT2D eigenvalue weighted by Crippen LogP contribution is 2.33. The van der Waals surface area contributed by atoms with Crippen LogP contribution in [0.2, 0.25) is 0 Å². The van der Waals surface area contributed by atoms with Gasteiger partial charge < -0.3 is 4.74 Å². The second-order valence-corrected chi connectivity index (χ2v) is 4.95. The third-order valence-corrected chi connectivity index (χ3v) is 3.80. The number of ether oxygens (including phenoxy) is 1. The van der Waals surface area contributed by atoms with Crippen molar-refractivity contribution in [2.75, 3.05) is 7.11 Å². The van der Waals surface area contributed by atoms with Crippen LogP contribution in [0.4, 0.5) is 4.39 Å². The molecule has 18 heavy (non-hydrogen) atoms. The van der Waals surface area contributed by atoms with Gasteiger partial charge >= 0.3 is 0 Å². The van der Waals surface area contributed by atoms with E-state index in [4.69, 9.17) is 4.74 Å². The van der Waals surface area contributed by atoms with E-state index in [1.807, 2.05) is 0 Å². The summed E-state index contributed by atoms with van der Waals surface area (Å²) in [5.41, 5.74) is -0.330. The zero-order valence-electron chi connectivity index (χ0n) is 10.7. The molecule has 1 aromatic rings. The molecule has 1 fully saturated rings. The van der Waals surface area contributed by atoms with Crippen molar-refractivity contribution in [2.24, 2.45) is 0 Å². The van der Waals surface area contributed by atoms with Crippen LogP contribution in [0.5, 0.6) is 0 Å². The summed E-state index contributed by atoms with van der Waals surface area (Å²) in [7, 11) is 1.59. The Morgan fingerprint density at radius 1 is 1.22 bits per heavy atom. The maximum absolute atomic E-state index is 13.2. The first-order valence-electron chi connectivity index (χ1n) is 6.53. The Bertz CT molecular complexity index is 420. The van der Waals surface area contributed by atoms with Gasteiger partial charge in [0.05, 0.1) is 0 Å². The van der Waals surface area contributed by atoms with Crippen LogP contribution in [0.25, 0.3) is 0 Å². The van der Waals surface area contributed by atoms with E-state index in [1.54, 1.807) is 19.2 Å². The zero-order chi connectivity index (χ0) is 13.0. The van der Waals surface area contributed by atoms with E-state index in [9.17, 15) is 9.18 Å². The number of methoxy groups -OCH3 is 1. The second-order valence-electron chi connectivity index (χ2n) is 4.95. The van der Waals surface area contributed by atoms with E-state index in [2.05, 4.69) is 0 Å². The molecule has 98 valence electrons. The number of carbonyl (C=O) groups is 1. The first-order chi connectivity index (χ1) is 8.68. The fourth-order valence-electron chi connectivity index (χ4n) is 2.72. The number of rotatable bonds is 3. The number of Topliss-reactive ketones (excluding diaryl/α,β-unsaturated/α-hetero) is 1. The fraction of sp³-hybridized carbons (Fsp3) is 0.533. The standard InChI is InChI=1S/C15H19FO2/c1-18-15(9-4-2-3-5-10-15)14(17)12-7-6-8-13(16)11-12/h6-8,11H,2-5,9-10H2,1H3. The third kappa shape index (κ3) is 2.61. The molecular formula is C15H19FO2. The van der Waals surface area contributed by atoms with Gasteiger partial charge in [-0.15, -0.1) is 0 Å². The average molecular weight is 250 g/mol. The van der Waals surface area contributed by atoms with Crippen molar-refractivity contribution >= 4 is 5.78 Å². The molecule has 0 amide bonds. The SMILES string of the molecule is COC1(C(=O)c2cccc(F)c2)CCCCCC1.